The lowest BCUT2D eigenvalue weighted by atomic mass is 10.0. The van der Waals surface area contributed by atoms with Crippen LogP contribution in [0.2, 0.25) is 0 Å². The molecule has 0 saturated heterocycles. The van der Waals surface area contributed by atoms with E-state index in [0.717, 1.165) is 23.1 Å². The van der Waals surface area contributed by atoms with Crippen LogP contribution in [0, 0.1) is 6.92 Å². The van der Waals surface area contributed by atoms with E-state index in [2.05, 4.69) is 11.9 Å². The molecule has 1 amide bonds. The van der Waals surface area contributed by atoms with Crippen molar-refractivity contribution in [3.63, 3.8) is 0 Å². The lowest BCUT2D eigenvalue weighted by Gasteiger charge is -2.17. The topological polar surface area (TPSA) is 47.6 Å². The summed E-state index contributed by atoms with van der Waals surface area (Å²) >= 11 is 0. The second-order valence-electron chi connectivity index (χ2n) is 5.91. The van der Waals surface area contributed by atoms with E-state index in [4.69, 9.17) is 9.47 Å². The Kier molecular flexibility index (Phi) is 6.63. The molecule has 2 aromatic rings. The van der Waals surface area contributed by atoms with E-state index in [0.29, 0.717) is 11.5 Å². The first kappa shape index (κ1) is 18.6. The molecule has 25 heavy (non-hydrogen) atoms. The van der Waals surface area contributed by atoms with Gasteiger partial charge in [0.15, 0.2) is 18.1 Å². The third kappa shape index (κ3) is 5.11. The second kappa shape index (κ2) is 8.92. The van der Waals surface area contributed by atoms with Crippen LogP contribution in [0.25, 0.3) is 0 Å². The van der Waals surface area contributed by atoms with Gasteiger partial charge in [-0.2, -0.15) is 0 Å². The number of ether oxygens (including phenoxy) is 2. The Hall–Kier alpha value is -2.75. The van der Waals surface area contributed by atoms with Gasteiger partial charge in [-0.1, -0.05) is 36.4 Å². The van der Waals surface area contributed by atoms with Crippen LogP contribution in [0.15, 0.2) is 55.1 Å². The molecule has 0 heterocycles. The highest BCUT2D eigenvalue weighted by Gasteiger charge is 2.13. The van der Waals surface area contributed by atoms with Crippen LogP contribution in [0.5, 0.6) is 11.5 Å². The van der Waals surface area contributed by atoms with Gasteiger partial charge < -0.3 is 14.8 Å². The smallest absolute Gasteiger partial charge is 0.258 e. The van der Waals surface area contributed by atoms with Crippen molar-refractivity contribution >= 4 is 5.91 Å². The molecule has 0 saturated carbocycles. The van der Waals surface area contributed by atoms with Gasteiger partial charge in [0, 0.05) is 0 Å². The van der Waals surface area contributed by atoms with Gasteiger partial charge in [0.1, 0.15) is 0 Å². The van der Waals surface area contributed by atoms with Crippen molar-refractivity contribution in [1.82, 2.24) is 5.32 Å². The van der Waals surface area contributed by atoms with Crippen molar-refractivity contribution in [1.29, 1.82) is 0 Å². The molecule has 4 nitrogen and oxygen atoms in total. The van der Waals surface area contributed by atoms with Gasteiger partial charge in [-0.25, -0.2) is 0 Å². The van der Waals surface area contributed by atoms with Crippen molar-refractivity contribution in [3.8, 4) is 11.5 Å². The lowest BCUT2D eigenvalue weighted by molar-refractivity contribution is -0.123. The van der Waals surface area contributed by atoms with Crippen molar-refractivity contribution in [2.75, 3.05) is 13.7 Å². The van der Waals surface area contributed by atoms with E-state index in [1.54, 1.807) is 7.11 Å². The summed E-state index contributed by atoms with van der Waals surface area (Å²) < 4.78 is 11.0. The largest absolute Gasteiger partial charge is 0.493 e. The molecule has 0 bridgehead atoms. The predicted octanol–water partition coefficient (Wildman–Crippen LogP) is 3.99. The summed E-state index contributed by atoms with van der Waals surface area (Å²) in [4.78, 5) is 12.2. The zero-order valence-corrected chi connectivity index (χ0v) is 15.0. The molecular formula is C21H25NO3. The number of hydrogen-bond donors (Lipinski definition) is 1. The first-order valence-electron chi connectivity index (χ1n) is 8.30. The van der Waals surface area contributed by atoms with Crippen molar-refractivity contribution < 1.29 is 14.3 Å². The predicted molar refractivity (Wildman–Crippen MR) is 100 cm³/mol. The van der Waals surface area contributed by atoms with Crippen LogP contribution in [-0.2, 0) is 11.2 Å². The van der Waals surface area contributed by atoms with Gasteiger partial charge in [-0.3, -0.25) is 4.79 Å². The number of carbonyl (C=O) groups excluding carboxylic acids is 1. The molecule has 1 N–H and O–H groups in total. The number of hydrogen-bond acceptors (Lipinski definition) is 3. The Morgan fingerprint density at radius 1 is 1.24 bits per heavy atom. The zero-order chi connectivity index (χ0) is 18.2. The van der Waals surface area contributed by atoms with E-state index in [9.17, 15) is 4.79 Å². The zero-order valence-electron chi connectivity index (χ0n) is 15.0. The monoisotopic (exact) mass is 339 g/mol. The minimum atomic E-state index is -0.173. The summed E-state index contributed by atoms with van der Waals surface area (Å²) in [6, 6.07) is 13.6. The third-order valence-electron chi connectivity index (χ3n) is 4.00. The van der Waals surface area contributed by atoms with E-state index in [-0.39, 0.29) is 18.6 Å². The Bertz CT molecular complexity index is 740. The summed E-state index contributed by atoms with van der Waals surface area (Å²) in [7, 11) is 1.58. The Morgan fingerprint density at radius 2 is 2.00 bits per heavy atom. The van der Waals surface area contributed by atoms with Crippen molar-refractivity contribution in [2.24, 2.45) is 0 Å². The number of amides is 1. The number of aryl methyl sites for hydroxylation is 1. The Labute approximate surface area is 149 Å². The average Bonchev–Trinajstić information content (AvgIpc) is 2.61. The SMILES string of the molecule is C=CCc1ccc(OCC(=O)NC(C)c2ccccc2C)c(OC)c1. The molecular weight excluding hydrogens is 314 g/mol. The van der Waals surface area contributed by atoms with Crippen LogP contribution in [0.4, 0.5) is 0 Å². The molecule has 0 fully saturated rings. The quantitative estimate of drug-likeness (QED) is 0.740. The summed E-state index contributed by atoms with van der Waals surface area (Å²) in [5.74, 6) is 0.987. The normalized spacial score (nSPS) is 11.5. The number of carbonyl (C=O) groups is 1. The standard InChI is InChI=1S/C21H25NO3/c1-5-8-17-11-12-19(20(13-17)24-4)25-14-21(23)22-16(3)18-10-7-6-9-15(18)2/h5-7,9-13,16H,1,8,14H2,2-4H3,(H,22,23). The van der Waals surface area contributed by atoms with Crippen LogP contribution in [-0.4, -0.2) is 19.6 Å². The molecule has 1 atom stereocenters. The number of benzene rings is 2. The highest BCUT2D eigenvalue weighted by atomic mass is 16.5. The van der Waals surface area contributed by atoms with E-state index < -0.39 is 0 Å². The van der Waals surface area contributed by atoms with Crippen LogP contribution < -0.4 is 14.8 Å². The summed E-state index contributed by atoms with van der Waals surface area (Å²) in [6.07, 6.45) is 2.58. The summed E-state index contributed by atoms with van der Waals surface area (Å²) in [5, 5.41) is 2.96. The molecule has 0 aliphatic carbocycles. The van der Waals surface area contributed by atoms with E-state index >= 15 is 0 Å². The third-order valence-corrected chi connectivity index (χ3v) is 4.00. The van der Waals surface area contributed by atoms with Crippen LogP contribution in [0.1, 0.15) is 29.7 Å². The lowest BCUT2D eigenvalue weighted by Crippen LogP contribution is -2.31. The van der Waals surface area contributed by atoms with E-state index in [1.807, 2.05) is 62.4 Å². The van der Waals surface area contributed by atoms with Gasteiger partial charge >= 0.3 is 0 Å². The van der Waals surface area contributed by atoms with E-state index in [1.165, 1.54) is 0 Å². The number of methoxy groups -OCH3 is 1. The summed E-state index contributed by atoms with van der Waals surface area (Å²) in [6.45, 7) is 7.66. The van der Waals surface area contributed by atoms with Gasteiger partial charge in [0.2, 0.25) is 0 Å². The van der Waals surface area contributed by atoms with Crippen LogP contribution in [0.3, 0.4) is 0 Å². The first-order valence-corrected chi connectivity index (χ1v) is 8.30. The highest BCUT2D eigenvalue weighted by Crippen LogP contribution is 2.28. The fourth-order valence-electron chi connectivity index (χ4n) is 2.70. The van der Waals surface area contributed by atoms with Gasteiger partial charge in [-0.05, 0) is 49.1 Å². The molecule has 2 aromatic carbocycles. The first-order chi connectivity index (χ1) is 12.0. The highest BCUT2D eigenvalue weighted by molar-refractivity contribution is 5.78. The van der Waals surface area contributed by atoms with Crippen molar-refractivity contribution in [2.45, 2.75) is 26.3 Å². The fourth-order valence-corrected chi connectivity index (χ4v) is 2.70. The molecule has 2 rings (SSSR count). The van der Waals surface area contributed by atoms with Crippen LogP contribution >= 0.6 is 0 Å². The molecule has 0 aliphatic rings. The fraction of sp³-hybridized carbons (Fsp3) is 0.286. The number of allylic oxidation sites excluding steroid dienone is 1. The molecule has 1 unspecified atom stereocenters. The molecule has 0 aliphatic heterocycles. The molecule has 0 spiro atoms. The van der Waals surface area contributed by atoms with Gasteiger partial charge in [0.25, 0.3) is 5.91 Å². The van der Waals surface area contributed by atoms with Gasteiger partial charge in [-0.15, -0.1) is 6.58 Å². The van der Waals surface area contributed by atoms with Crippen molar-refractivity contribution in [3.05, 3.63) is 71.8 Å². The Morgan fingerprint density at radius 3 is 2.68 bits per heavy atom. The minimum absolute atomic E-state index is 0.0621. The Balaban J connectivity index is 1.95. The molecule has 132 valence electrons. The maximum atomic E-state index is 12.2. The summed E-state index contributed by atoms with van der Waals surface area (Å²) in [5.41, 5.74) is 3.33. The van der Waals surface area contributed by atoms with Gasteiger partial charge in [0.05, 0.1) is 13.2 Å². The maximum absolute atomic E-state index is 12.2. The molecule has 0 radical (unpaired) electrons. The number of nitrogens with one attached hydrogen (secondary N) is 1. The minimum Gasteiger partial charge on any atom is -0.493 e. The second-order valence-corrected chi connectivity index (χ2v) is 5.91. The average molecular weight is 339 g/mol. The molecule has 4 heteroatoms. The number of rotatable bonds is 8. The molecule has 0 aromatic heterocycles. The maximum Gasteiger partial charge on any atom is 0.258 e.